The zero-order valence-electron chi connectivity index (χ0n) is 8.20. The first kappa shape index (κ1) is 13.0. The fourth-order valence-electron chi connectivity index (χ4n) is 1.27. The van der Waals surface area contributed by atoms with Gasteiger partial charge in [-0.15, -0.1) is 0 Å². The maximum Gasteiger partial charge on any atom is 0.252 e. The molecule has 10 heteroatoms. The summed E-state index contributed by atoms with van der Waals surface area (Å²) in [4.78, 5) is 3.61. The predicted molar refractivity (Wildman–Crippen MR) is 64.2 cm³/mol. The fourth-order valence-corrected chi connectivity index (χ4v) is 5.11. The number of thiazole rings is 1. The minimum atomic E-state index is -3.77. The lowest BCUT2D eigenvalue weighted by atomic mass is 10.4. The van der Waals surface area contributed by atoms with Crippen molar-refractivity contribution < 1.29 is 16.8 Å². The molecule has 1 atom stereocenters. The molecule has 1 aromatic heterocycles. The molecule has 1 unspecified atom stereocenters. The van der Waals surface area contributed by atoms with Gasteiger partial charge in [0.15, 0.2) is 18.5 Å². The number of rotatable bonds is 3. The molecule has 1 aliphatic heterocycles. The Morgan fingerprint density at radius 1 is 1.53 bits per heavy atom. The van der Waals surface area contributed by atoms with E-state index < -0.39 is 25.9 Å². The molecule has 6 nitrogen and oxygen atoms in total. The highest BCUT2D eigenvalue weighted by Gasteiger charge is 2.27. The summed E-state index contributed by atoms with van der Waals surface area (Å²) in [6.07, 6.45) is 2.43. The van der Waals surface area contributed by atoms with Gasteiger partial charge in [0.1, 0.15) is 0 Å². The van der Waals surface area contributed by atoms with Gasteiger partial charge in [0.25, 0.3) is 10.0 Å². The summed E-state index contributed by atoms with van der Waals surface area (Å²) in [6.45, 7) is 0. The number of nitrogens with zero attached hydrogens (tertiary/aromatic N) is 1. The summed E-state index contributed by atoms with van der Waals surface area (Å²) in [5, 5.41) is 1.000. The maximum absolute atomic E-state index is 11.8. The minimum absolute atomic E-state index is 0.0415. The molecule has 0 amide bonds. The Morgan fingerprint density at radius 2 is 2.24 bits per heavy atom. The highest BCUT2D eigenvalue weighted by Crippen LogP contribution is 2.23. The molecule has 1 N–H and O–H groups in total. The Kier molecular flexibility index (Phi) is 3.29. The zero-order chi connectivity index (χ0) is 12.7. The van der Waals surface area contributed by atoms with Gasteiger partial charge in [0.2, 0.25) is 0 Å². The lowest BCUT2D eigenvalue weighted by molar-refractivity contribution is 0.576. The van der Waals surface area contributed by atoms with Crippen molar-refractivity contribution >= 4 is 42.8 Å². The number of halogens is 1. The molecule has 0 spiro atoms. The van der Waals surface area contributed by atoms with E-state index in [0.29, 0.717) is 0 Å². The Morgan fingerprint density at radius 3 is 2.71 bits per heavy atom. The molecule has 2 heterocycles. The Labute approximate surface area is 107 Å². The van der Waals surface area contributed by atoms with E-state index >= 15 is 0 Å². The van der Waals surface area contributed by atoms with Crippen LogP contribution in [-0.2, 0) is 19.9 Å². The third-order valence-corrected chi connectivity index (χ3v) is 6.42. The van der Waals surface area contributed by atoms with E-state index in [1.807, 2.05) is 0 Å². The molecule has 0 bridgehead atoms. The van der Waals surface area contributed by atoms with Crippen LogP contribution in [0.2, 0.25) is 4.47 Å². The van der Waals surface area contributed by atoms with Gasteiger partial charge >= 0.3 is 0 Å². The van der Waals surface area contributed by atoms with Gasteiger partial charge in [-0.1, -0.05) is 29.0 Å². The normalized spacial score (nSPS) is 23.0. The number of sulfonamides is 1. The summed E-state index contributed by atoms with van der Waals surface area (Å²) < 4.78 is 48.1. The second kappa shape index (κ2) is 4.32. The predicted octanol–water partition coefficient (Wildman–Crippen LogP) is 0.386. The second-order valence-corrected chi connectivity index (χ2v) is 8.80. The van der Waals surface area contributed by atoms with Crippen LogP contribution < -0.4 is 4.72 Å². The Hall–Kier alpha value is -0.480. The second-order valence-electron chi connectivity index (χ2n) is 3.32. The number of hydrogen-bond acceptors (Lipinski definition) is 6. The van der Waals surface area contributed by atoms with Crippen molar-refractivity contribution in [2.24, 2.45) is 0 Å². The Balaban J connectivity index is 2.18. The van der Waals surface area contributed by atoms with Gasteiger partial charge in [-0.3, -0.25) is 0 Å². The molecular weight excluding hydrogens is 308 g/mol. The van der Waals surface area contributed by atoms with E-state index in [9.17, 15) is 16.8 Å². The van der Waals surface area contributed by atoms with Crippen LogP contribution in [0.25, 0.3) is 0 Å². The summed E-state index contributed by atoms with van der Waals surface area (Å²) in [7, 11) is -7.06. The highest BCUT2D eigenvalue weighted by molar-refractivity contribution is 7.94. The fraction of sp³-hybridized carbons (Fsp3) is 0.286. The first-order chi connectivity index (χ1) is 7.78. The van der Waals surface area contributed by atoms with Gasteiger partial charge in [-0.2, -0.15) is 0 Å². The van der Waals surface area contributed by atoms with E-state index in [4.69, 9.17) is 11.6 Å². The lowest BCUT2D eigenvalue weighted by Gasteiger charge is -2.08. The van der Waals surface area contributed by atoms with E-state index in [1.54, 1.807) is 0 Å². The zero-order valence-corrected chi connectivity index (χ0v) is 11.4. The van der Waals surface area contributed by atoms with Gasteiger partial charge in [0.05, 0.1) is 18.0 Å². The molecule has 1 aromatic rings. The van der Waals surface area contributed by atoms with E-state index in [0.717, 1.165) is 22.9 Å². The minimum Gasteiger partial charge on any atom is -0.232 e. The summed E-state index contributed by atoms with van der Waals surface area (Å²) in [6, 6.07) is -0.745. The van der Waals surface area contributed by atoms with Crippen LogP contribution in [0, 0.1) is 0 Å². The first-order valence-corrected chi connectivity index (χ1v) is 8.72. The van der Waals surface area contributed by atoms with Crippen LogP contribution in [0.3, 0.4) is 0 Å². The molecule has 1 aliphatic rings. The van der Waals surface area contributed by atoms with E-state index in [2.05, 4.69) is 9.71 Å². The molecule has 0 saturated carbocycles. The summed E-state index contributed by atoms with van der Waals surface area (Å²) in [5.41, 5.74) is 0. The van der Waals surface area contributed by atoms with Crippen LogP contribution in [0.1, 0.15) is 0 Å². The molecule has 17 heavy (non-hydrogen) atoms. The third kappa shape index (κ3) is 3.05. The van der Waals surface area contributed by atoms with Crippen LogP contribution in [0.15, 0.2) is 21.9 Å². The van der Waals surface area contributed by atoms with Crippen LogP contribution in [0.4, 0.5) is 0 Å². The summed E-state index contributed by atoms with van der Waals surface area (Å²) >= 11 is 6.34. The van der Waals surface area contributed by atoms with Gasteiger partial charge in [0, 0.05) is 5.41 Å². The standard InChI is InChI=1S/C7H7ClN2O4S3/c8-7-9-3-6(15-7)17(13,14)10-5-1-2-16(11,12)4-5/h1-3,5,10H,4H2. The molecule has 0 aliphatic carbocycles. The number of sulfone groups is 1. The molecule has 0 fully saturated rings. The average Bonchev–Trinajstić information content (AvgIpc) is 2.72. The third-order valence-electron chi connectivity index (χ3n) is 1.96. The highest BCUT2D eigenvalue weighted by atomic mass is 35.5. The SMILES string of the molecule is O=S1(=O)C=CC(NS(=O)(=O)c2cnc(Cl)s2)C1. The molecule has 94 valence electrons. The average molecular weight is 315 g/mol. The summed E-state index contributed by atoms with van der Waals surface area (Å²) in [5.74, 6) is -0.265. The topological polar surface area (TPSA) is 93.2 Å². The van der Waals surface area contributed by atoms with Crippen molar-refractivity contribution in [1.29, 1.82) is 0 Å². The maximum atomic E-state index is 11.8. The van der Waals surface area contributed by atoms with Crippen molar-refractivity contribution in [2.75, 3.05) is 5.75 Å². The van der Waals surface area contributed by atoms with Gasteiger partial charge in [-0.05, 0) is 0 Å². The Bertz CT molecular complexity index is 661. The quantitative estimate of drug-likeness (QED) is 0.871. The monoisotopic (exact) mass is 314 g/mol. The van der Waals surface area contributed by atoms with E-state index in [1.165, 1.54) is 6.08 Å². The molecule has 0 aromatic carbocycles. The van der Waals surface area contributed by atoms with Crippen molar-refractivity contribution in [3.63, 3.8) is 0 Å². The number of hydrogen-bond donors (Lipinski definition) is 1. The van der Waals surface area contributed by atoms with Crippen molar-refractivity contribution in [2.45, 2.75) is 10.3 Å². The molecular formula is C7H7ClN2O4S3. The van der Waals surface area contributed by atoms with Crippen molar-refractivity contribution in [1.82, 2.24) is 9.71 Å². The van der Waals surface area contributed by atoms with Crippen molar-refractivity contribution in [3.05, 3.63) is 22.1 Å². The van der Waals surface area contributed by atoms with Crippen LogP contribution in [0.5, 0.6) is 0 Å². The smallest absolute Gasteiger partial charge is 0.232 e. The van der Waals surface area contributed by atoms with Gasteiger partial charge in [-0.25, -0.2) is 26.5 Å². The molecule has 0 radical (unpaired) electrons. The largest absolute Gasteiger partial charge is 0.252 e. The van der Waals surface area contributed by atoms with Crippen molar-refractivity contribution in [3.8, 4) is 0 Å². The molecule has 0 saturated heterocycles. The molecule has 2 rings (SSSR count). The number of aromatic nitrogens is 1. The van der Waals surface area contributed by atoms with E-state index in [-0.39, 0.29) is 14.4 Å². The number of nitrogens with one attached hydrogen (secondary N) is 1. The van der Waals surface area contributed by atoms with Gasteiger partial charge < -0.3 is 0 Å². The first-order valence-electron chi connectivity index (χ1n) is 4.33. The lowest BCUT2D eigenvalue weighted by Crippen LogP contribution is -2.35. The van der Waals surface area contributed by atoms with Crippen LogP contribution in [-0.4, -0.2) is 33.6 Å². The van der Waals surface area contributed by atoms with Crippen LogP contribution >= 0.6 is 22.9 Å².